The van der Waals surface area contributed by atoms with Gasteiger partial charge in [-0.05, 0) is 30.5 Å². The van der Waals surface area contributed by atoms with Crippen LogP contribution in [0, 0.1) is 0 Å². The first-order valence-electron chi connectivity index (χ1n) is 8.77. The van der Waals surface area contributed by atoms with E-state index < -0.39 is 51.4 Å². The standard InChI is InChI=1S/C18H16N2O9S/c21-14-7-8-15(22)19(14)12-4-1-11(2-5-12)3-6-13(30(26,27)28)18(25)29-20-16(23)9-10-17(20)24/h1-2,4-5,7-8,13H,3,6,9-10H2,(H,26,27,28). The smallest absolute Gasteiger partial charge is 0.329 e. The molecule has 0 aliphatic carbocycles. The molecule has 0 radical (unpaired) electrons. The molecular weight excluding hydrogens is 420 g/mol. The average Bonchev–Trinajstić information content (AvgIpc) is 3.17. The second-order valence-electron chi connectivity index (χ2n) is 6.55. The summed E-state index contributed by atoms with van der Waals surface area (Å²) in [6.45, 7) is 0. The number of aryl methyl sites for hydroxylation is 1. The lowest BCUT2D eigenvalue weighted by atomic mass is 10.1. The molecule has 1 saturated heterocycles. The fourth-order valence-electron chi connectivity index (χ4n) is 2.96. The molecule has 1 N–H and O–H groups in total. The Labute approximate surface area is 170 Å². The molecule has 2 aliphatic rings. The summed E-state index contributed by atoms with van der Waals surface area (Å²) < 4.78 is 32.6. The largest absolute Gasteiger partial charge is 0.353 e. The summed E-state index contributed by atoms with van der Waals surface area (Å²) in [5, 5.41) is -1.81. The number of hydroxylamine groups is 2. The van der Waals surface area contributed by atoms with Gasteiger partial charge in [0, 0.05) is 25.0 Å². The molecule has 0 bridgehead atoms. The van der Waals surface area contributed by atoms with Gasteiger partial charge in [0.1, 0.15) is 0 Å². The first-order valence-corrected chi connectivity index (χ1v) is 10.3. The van der Waals surface area contributed by atoms with Crippen LogP contribution in [-0.2, 0) is 45.3 Å². The molecule has 2 aliphatic heterocycles. The predicted octanol–water partition coefficient (Wildman–Crippen LogP) is -0.0878. The van der Waals surface area contributed by atoms with Gasteiger partial charge in [0.25, 0.3) is 33.7 Å². The zero-order valence-electron chi connectivity index (χ0n) is 15.4. The van der Waals surface area contributed by atoms with Crippen LogP contribution in [0.2, 0.25) is 0 Å². The van der Waals surface area contributed by atoms with E-state index in [-0.39, 0.29) is 24.3 Å². The van der Waals surface area contributed by atoms with E-state index in [1.165, 1.54) is 24.3 Å². The monoisotopic (exact) mass is 436 g/mol. The van der Waals surface area contributed by atoms with Gasteiger partial charge in [-0.1, -0.05) is 12.1 Å². The molecule has 11 nitrogen and oxygen atoms in total. The lowest BCUT2D eigenvalue weighted by Gasteiger charge is -2.17. The van der Waals surface area contributed by atoms with Crippen molar-refractivity contribution in [2.75, 3.05) is 4.90 Å². The predicted molar refractivity (Wildman–Crippen MR) is 98.9 cm³/mol. The molecular formula is C18H16N2O9S. The molecule has 0 spiro atoms. The number of carbonyl (C=O) groups excluding carboxylic acids is 5. The highest BCUT2D eigenvalue weighted by molar-refractivity contribution is 7.87. The SMILES string of the molecule is O=C(ON1C(=O)CCC1=O)C(CCc1ccc(N2C(=O)C=CC2=O)cc1)S(=O)(=O)O. The van der Waals surface area contributed by atoms with Crippen molar-refractivity contribution in [2.45, 2.75) is 30.9 Å². The topological polar surface area (TPSA) is 155 Å². The molecule has 1 unspecified atom stereocenters. The van der Waals surface area contributed by atoms with Crippen LogP contribution < -0.4 is 4.90 Å². The minimum absolute atomic E-state index is 0.00186. The third-order valence-electron chi connectivity index (χ3n) is 4.51. The van der Waals surface area contributed by atoms with Crippen molar-refractivity contribution in [3.63, 3.8) is 0 Å². The molecule has 2 heterocycles. The van der Waals surface area contributed by atoms with Crippen LogP contribution in [0.5, 0.6) is 0 Å². The normalized spacial score (nSPS) is 17.8. The number of anilines is 1. The highest BCUT2D eigenvalue weighted by atomic mass is 32.2. The van der Waals surface area contributed by atoms with Crippen molar-refractivity contribution >= 4 is 45.4 Å². The van der Waals surface area contributed by atoms with Crippen LogP contribution in [0.4, 0.5) is 5.69 Å². The highest BCUT2D eigenvalue weighted by Crippen LogP contribution is 2.21. The molecule has 1 aromatic rings. The summed E-state index contributed by atoms with van der Waals surface area (Å²) in [6.07, 6.45) is 1.56. The quantitative estimate of drug-likeness (QED) is 0.456. The lowest BCUT2D eigenvalue weighted by Crippen LogP contribution is -2.39. The van der Waals surface area contributed by atoms with Crippen molar-refractivity contribution in [1.29, 1.82) is 0 Å². The number of nitrogens with zero attached hydrogens (tertiary/aromatic N) is 2. The maximum atomic E-state index is 12.2. The second-order valence-corrected chi connectivity index (χ2v) is 8.15. The number of hydrogen-bond acceptors (Lipinski definition) is 8. The Kier molecular flexibility index (Phi) is 5.80. The second kappa shape index (κ2) is 8.16. The maximum absolute atomic E-state index is 12.2. The number of rotatable bonds is 7. The first-order chi connectivity index (χ1) is 14.1. The Morgan fingerprint density at radius 2 is 1.53 bits per heavy atom. The lowest BCUT2D eigenvalue weighted by molar-refractivity contribution is -0.197. The van der Waals surface area contributed by atoms with E-state index in [1.54, 1.807) is 0 Å². The molecule has 1 atom stereocenters. The number of hydrogen-bond donors (Lipinski definition) is 1. The minimum Gasteiger partial charge on any atom is -0.329 e. The van der Waals surface area contributed by atoms with Gasteiger partial charge in [0.15, 0.2) is 5.25 Å². The Hall–Kier alpha value is -3.38. The van der Waals surface area contributed by atoms with Gasteiger partial charge in [0.2, 0.25) is 0 Å². The Morgan fingerprint density at radius 3 is 2.03 bits per heavy atom. The number of benzene rings is 1. The highest BCUT2D eigenvalue weighted by Gasteiger charge is 2.39. The van der Waals surface area contributed by atoms with E-state index in [9.17, 15) is 36.9 Å². The summed E-state index contributed by atoms with van der Waals surface area (Å²) in [5.74, 6) is -3.99. The van der Waals surface area contributed by atoms with Crippen molar-refractivity contribution < 1.29 is 41.8 Å². The Balaban J connectivity index is 1.67. The third kappa shape index (κ3) is 4.44. The molecule has 30 heavy (non-hydrogen) atoms. The number of amides is 4. The van der Waals surface area contributed by atoms with Crippen molar-refractivity contribution in [2.24, 2.45) is 0 Å². The van der Waals surface area contributed by atoms with E-state index >= 15 is 0 Å². The molecule has 1 aromatic carbocycles. The summed E-state index contributed by atoms with van der Waals surface area (Å²) >= 11 is 0. The van der Waals surface area contributed by atoms with E-state index in [2.05, 4.69) is 4.84 Å². The number of carbonyl (C=O) groups is 5. The number of imide groups is 2. The van der Waals surface area contributed by atoms with Crippen molar-refractivity contribution in [3.05, 3.63) is 42.0 Å². The zero-order valence-corrected chi connectivity index (χ0v) is 16.2. The molecule has 3 rings (SSSR count). The molecule has 12 heteroatoms. The van der Waals surface area contributed by atoms with Crippen LogP contribution in [0.3, 0.4) is 0 Å². The summed E-state index contributed by atoms with van der Waals surface area (Å²) in [6, 6.07) is 5.99. The fraction of sp³-hybridized carbons (Fsp3) is 0.278. The van der Waals surface area contributed by atoms with Gasteiger partial charge in [-0.15, -0.1) is 5.06 Å². The third-order valence-corrected chi connectivity index (χ3v) is 5.66. The minimum atomic E-state index is -4.88. The molecule has 4 amide bonds. The Bertz CT molecular complexity index is 1030. The summed E-state index contributed by atoms with van der Waals surface area (Å²) in [4.78, 5) is 64.1. The molecule has 0 saturated carbocycles. The van der Waals surface area contributed by atoms with Crippen molar-refractivity contribution in [3.8, 4) is 0 Å². The fourth-order valence-corrected chi connectivity index (χ4v) is 3.66. The molecule has 1 fully saturated rings. The first kappa shape index (κ1) is 21.3. The van der Waals surface area contributed by atoms with Gasteiger partial charge in [-0.2, -0.15) is 8.42 Å². The van der Waals surface area contributed by atoms with E-state index in [0.717, 1.165) is 17.1 Å². The van der Waals surface area contributed by atoms with Crippen LogP contribution in [0.15, 0.2) is 36.4 Å². The van der Waals surface area contributed by atoms with Crippen LogP contribution in [-0.4, -0.2) is 52.9 Å². The van der Waals surface area contributed by atoms with E-state index in [4.69, 9.17) is 0 Å². The van der Waals surface area contributed by atoms with E-state index in [1.807, 2.05) is 0 Å². The Morgan fingerprint density at radius 1 is 1.00 bits per heavy atom. The zero-order chi connectivity index (χ0) is 22.1. The van der Waals surface area contributed by atoms with Gasteiger partial charge in [-0.3, -0.25) is 23.7 Å². The van der Waals surface area contributed by atoms with Crippen LogP contribution in [0.25, 0.3) is 0 Å². The summed E-state index contributed by atoms with van der Waals surface area (Å²) in [7, 11) is -4.88. The van der Waals surface area contributed by atoms with Gasteiger partial charge < -0.3 is 4.84 Å². The van der Waals surface area contributed by atoms with Crippen molar-refractivity contribution in [1.82, 2.24) is 5.06 Å². The van der Waals surface area contributed by atoms with Crippen LogP contribution >= 0.6 is 0 Å². The van der Waals surface area contributed by atoms with Gasteiger partial charge in [-0.25, -0.2) is 9.69 Å². The van der Waals surface area contributed by atoms with E-state index in [0.29, 0.717) is 11.3 Å². The molecule has 0 aromatic heterocycles. The van der Waals surface area contributed by atoms with Gasteiger partial charge >= 0.3 is 5.97 Å². The van der Waals surface area contributed by atoms with Gasteiger partial charge in [0.05, 0.1) is 5.69 Å². The average molecular weight is 436 g/mol. The van der Waals surface area contributed by atoms with Crippen LogP contribution in [0.1, 0.15) is 24.8 Å². The summed E-state index contributed by atoms with van der Waals surface area (Å²) in [5.41, 5.74) is 0.858. The maximum Gasteiger partial charge on any atom is 0.353 e. The molecule has 158 valence electrons.